The summed E-state index contributed by atoms with van der Waals surface area (Å²) in [5, 5.41) is 9.38. The molecular formula is C29H28N2O2. The van der Waals surface area contributed by atoms with Crippen molar-refractivity contribution in [3.8, 4) is 0 Å². The molecule has 4 heteroatoms. The van der Waals surface area contributed by atoms with Crippen LogP contribution in [0.25, 0.3) is 0 Å². The van der Waals surface area contributed by atoms with Gasteiger partial charge in [-0.25, -0.2) is 0 Å². The average molecular weight is 437 g/mol. The molecule has 2 aromatic rings. The van der Waals surface area contributed by atoms with Crippen LogP contribution in [0.1, 0.15) is 43.2 Å². The van der Waals surface area contributed by atoms with Crippen LogP contribution < -0.4 is 0 Å². The summed E-state index contributed by atoms with van der Waals surface area (Å²) >= 11 is 0. The molecule has 0 saturated heterocycles. The molecule has 0 amide bonds. The average Bonchev–Trinajstić information content (AvgIpc) is 3.53. The second-order valence-electron chi connectivity index (χ2n) is 11.0. The normalized spacial score (nSPS) is 39.6. The Bertz CT molecular complexity index is 1170. The lowest BCUT2D eigenvalue weighted by atomic mass is 9.53. The quantitative estimate of drug-likeness (QED) is 0.576. The fourth-order valence-corrected chi connectivity index (χ4v) is 8.33. The predicted octanol–water partition coefficient (Wildman–Crippen LogP) is 5.59. The van der Waals surface area contributed by atoms with Crippen LogP contribution in [0.15, 0.2) is 82.1 Å². The number of benzene rings is 2. The first-order chi connectivity index (χ1) is 16.3. The maximum absolute atomic E-state index is 6.33. The SMILES string of the molecule is c1ccc(C2=NO[C@@H]3[C@H]2C(=C2C4CC5CC(C4)CC2C5)[C@@H]2ON=C(c4ccccc4)[C@H]32)cc1. The Morgan fingerprint density at radius 1 is 0.606 bits per heavy atom. The lowest BCUT2D eigenvalue weighted by molar-refractivity contribution is 0.0302. The zero-order valence-corrected chi connectivity index (χ0v) is 18.6. The van der Waals surface area contributed by atoms with Crippen LogP contribution in [0.4, 0.5) is 0 Å². The van der Waals surface area contributed by atoms with E-state index in [0.29, 0.717) is 0 Å². The number of allylic oxidation sites excluding steroid dienone is 1. The van der Waals surface area contributed by atoms with E-state index in [1.54, 1.807) is 5.57 Å². The molecular weight excluding hydrogens is 408 g/mol. The van der Waals surface area contributed by atoms with E-state index in [1.165, 1.54) is 43.2 Å². The summed E-state index contributed by atoms with van der Waals surface area (Å²) in [6, 6.07) is 21.1. The summed E-state index contributed by atoms with van der Waals surface area (Å²) in [6.45, 7) is 0. The smallest absolute Gasteiger partial charge is 0.161 e. The number of hydrogen-bond donors (Lipinski definition) is 0. The van der Waals surface area contributed by atoms with Gasteiger partial charge in [0.25, 0.3) is 0 Å². The highest BCUT2D eigenvalue weighted by Gasteiger charge is 2.62. The number of rotatable bonds is 2. The lowest BCUT2D eigenvalue weighted by Gasteiger charge is -2.52. The fourth-order valence-electron chi connectivity index (χ4n) is 8.33. The van der Waals surface area contributed by atoms with Crippen LogP contribution in [0.2, 0.25) is 0 Å². The minimum absolute atomic E-state index is 0.0167. The zero-order valence-electron chi connectivity index (χ0n) is 18.6. The van der Waals surface area contributed by atoms with Crippen molar-refractivity contribution in [2.24, 2.45) is 45.8 Å². The van der Waals surface area contributed by atoms with Crippen LogP contribution in [-0.4, -0.2) is 23.6 Å². The molecule has 0 aromatic heterocycles. The Morgan fingerprint density at radius 2 is 1.18 bits per heavy atom. The lowest BCUT2D eigenvalue weighted by Crippen LogP contribution is -2.42. The topological polar surface area (TPSA) is 43.2 Å². The summed E-state index contributed by atoms with van der Waals surface area (Å²) in [5.74, 6) is 3.58. The third-order valence-corrected chi connectivity index (χ3v) is 9.29. The van der Waals surface area contributed by atoms with Gasteiger partial charge in [0.05, 0.1) is 23.3 Å². The number of fused-ring (bicyclic) bond motifs is 3. The molecule has 5 fully saturated rings. The molecule has 2 aromatic carbocycles. The molecule has 7 aliphatic rings. The molecule has 0 unspecified atom stereocenters. The Labute approximate surface area is 194 Å². The first kappa shape index (κ1) is 18.5. The van der Waals surface area contributed by atoms with Gasteiger partial charge in [0.2, 0.25) is 0 Å². The van der Waals surface area contributed by atoms with Crippen LogP contribution >= 0.6 is 0 Å². The largest absolute Gasteiger partial charge is 0.390 e. The molecule has 2 heterocycles. The summed E-state index contributed by atoms with van der Waals surface area (Å²) in [4.78, 5) is 12.6. The van der Waals surface area contributed by atoms with Gasteiger partial charge in [-0.1, -0.05) is 76.5 Å². The van der Waals surface area contributed by atoms with Crippen molar-refractivity contribution in [3.63, 3.8) is 0 Å². The molecule has 33 heavy (non-hydrogen) atoms. The first-order valence-corrected chi connectivity index (χ1v) is 12.7. The van der Waals surface area contributed by atoms with E-state index in [4.69, 9.17) is 14.8 Å². The highest BCUT2D eigenvalue weighted by Crippen LogP contribution is 2.61. The van der Waals surface area contributed by atoms with Gasteiger partial charge in [-0.05, 0) is 66.9 Å². The van der Waals surface area contributed by atoms with Crippen LogP contribution in [0, 0.1) is 35.5 Å². The van der Waals surface area contributed by atoms with E-state index >= 15 is 0 Å². The molecule has 9 rings (SSSR count). The molecule has 4 atom stereocenters. The van der Waals surface area contributed by atoms with Gasteiger partial charge in [-0.3, -0.25) is 0 Å². The molecule has 0 spiro atoms. The second-order valence-corrected chi connectivity index (χ2v) is 11.0. The summed E-state index contributed by atoms with van der Waals surface area (Å²) in [6.07, 6.45) is 6.88. The monoisotopic (exact) mass is 436 g/mol. The summed E-state index contributed by atoms with van der Waals surface area (Å²) in [7, 11) is 0. The van der Waals surface area contributed by atoms with Crippen LogP contribution in [0.5, 0.6) is 0 Å². The van der Waals surface area contributed by atoms with Gasteiger partial charge < -0.3 is 9.68 Å². The third-order valence-electron chi connectivity index (χ3n) is 9.29. The van der Waals surface area contributed by atoms with Crippen molar-refractivity contribution >= 4 is 11.4 Å². The highest BCUT2D eigenvalue weighted by molar-refractivity contribution is 6.09. The van der Waals surface area contributed by atoms with E-state index in [1.807, 2.05) is 0 Å². The number of oxime groups is 2. The maximum Gasteiger partial charge on any atom is 0.161 e. The minimum atomic E-state index is -0.0358. The van der Waals surface area contributed by atoms with Crippen LogP contribution in [-0.2, 0) is 9.68 Å². The Hall–Kier alpha value is -2.88. The van der Waals surface area contributed by atoms with Crippen molar-refractivity contribution in [2.75, 3.05) is 0 Å². The van der Waals surface area contributed by atoms with E-state index in [2.05, 4.69) is 65.8 Å². The molecule has 0 N–H and O–H groups in total. The predicted molar refractivity (Wildman–Crippen MR) is 127 cm³/mol. The highest BCUT2D eigenvalue weighted by atomic mass is 16.7. The third kappa shape index (κ3) is 2.58. The van der Waals surface area contributed by atoms with Crippen molar-refractivity contribution in [1.29, 1.82) is 0 Å². The number of hydrogen-bond acceptors (Lipinski definition) is 4. The Kier molecular flexibility index (Phi) is 3.83. The van der Waals surface area contributed by atoms with Gasteiger partial charge >= 0.3 is 0 Å². The van der Waals surface area contributed by atoms with Crippen molar-refractivity contribution in [1.82, 2.24) is 0 Å². The van der Waals surface area contributed by atoms with Crippen molar-refractivity contribution in [2.45, 2.75) is 44.3 Å². The molecule has 166 valence electrons. The molecule has 4 bridgehead atoms. The minimum Gasteiger partial charge on any atom is -0.390 e. The van der Waals surface area contributed by atoms with E-state index in [0.717, 1.165) is 40.7 Å². The standard InChI is InChI=1S/C29H28N2O2/c1-3-7-18(8-4-1)26-24-23(22-20-12-16-11-17(14-20)15-21(22)13-16)28-25(29(24)33-30-26)27(31-32-28)19-9-5-2-6-10-19/h1-10,16-17,20-21,24-25,28-29H,11-15H2/t16?,17?,20?,21?,24-,25-,28-,29+/m0/s1. The van der Waals surface area contributed by atoms with E-state index < -0.39 is 0 Å². The first-order valence-electron chi connectivity index (χ1n) is 12.7. The van der Waals surface area contributed by atoms with Gasteiger partial charge in [0.15, 0.2) is 12.2 Å². The number of nitrogens with zero attached hydrogens (tertiary/aromatic N) is 2. The van der Waals surface area contributed by atoms with Crippen LogP contribution in [0.3, 0.4) is 0 Å². The molecule has 5 aliphatic carbocycles. The van der Waals surface area contributed by atoms with Crippen molar-refractivity contribution in [3.05, 3.63) is 82.9 Å². The van der Waals surface area contributed by atoms with Gasteiger partial charge in [0, 0.05) is 5.56 Å². The van der Waals surface area contributed by atoms with E-state index in [9.17, 15) is 0 Å². The molecule has 4 nitrogen and oxygen atoms in total. The molecule has 2 aliphatic heterocycles. The fraction of sp³-hybridized carbons (Fsp3) is 0.448. The Balaban J connectivity index is 1.28. The summed E-state index contributed by atoms with van der Waals surface area (Å²) in [5.41, 5.74) is 7.61. The maximum atomic E-state index is 6.33. The van der Waals surface area contributed by atoms with Crippen molar-refractivity contribution < 1.29 is 9.68 Å². The molecule has 0 radical (unpaired) electrons. The van der Waals surface area contributed by atoms with Gasteiger partial charge in [-0.15, -0.1) is 0 Å². The molecule has 5 saturated carbocycles. The van der Waals surface area contributed by atoms with Gasteiger partial charge in [0.1, 0.15) is 0 Å². The summed E-state index contributed by atoms with van der Waals surface area (Å²) < 4.78 is 0. The second kappa shape index (κ2) is 6.82. The Morgan fingerprint density at radius 3 is 1.82 bits per heavy atom. The van der Waals surface area contributed by atoms with E-state index in [-0.39, 0.29) is 24.0 Å². The van der Waals surface area contributed by atoms with Gasteiger partial charge in [-0.2, -0.15) is 0 Å². The zero-order chi connectivity index (χ0) is 21.5.